The van der Waals surface area contributed by atoms with Crippen molar-refractivity contribution < 1.29 is 22.8 Å². The second-order valence-corrected chi connectivity index (χ2v) is 9.21. The number of Topliss-reactive ketones (excluding diaryl/α,β-unsaturated/α-hetero) is 1. The molecule has 9 heteroatoms. The summed E-state index contributed by atoms with van der Waals surface area (Å²) in [6.45, 7) is 4.19. The Balaban J connectivity index is 2.13. The lowest BCUT2D eigenvalue weighted by Crippen LogP contribution is -2.36. The van der Waals surface area contributed by atoms with Crippen LogP contribution in [0, 0.1) is 11.3 Å². The van der Waals surface area contributed by atoms with Crippen molar-refractivity contribution in [2.24, 2.45) is 24.1 Å². The van der Waals surface area contributed by atoms with Gasteiger partial charge in [0, 0.05) is 19.7 Å². The lowest BCUT2D eigenvalue weighted by molar-refractivity contribution is -0.121. The zero-order valence-electron chi connectivity index (χ0n) is 15.2. The van der Waals surface area contributed by atoms with Crippen molar-refractivity contribution in [2.75, 3.05) is 0 Å². The number of rotatable bonds is 6. The Morgan fingerprint density at radius 2 is 1.96 bits per heavy atom. The van der Waals surface area contributed by atoms with Gasteiger partial charge in [0.05, 0.1) is 5.69 Å². The number of aromatic nitrogens is 1. The van der Waals surface area contributed by atoms with Gasteiger partial charge in [-0.15, -0.1) is 0 Å². The van der Waals surface area contributed by atoms with Crippen molar-refractivity contribution in [3.63, 3.8) is 0 Å². The van der Waals surface area contributed by atoms with Crippen LogP contribution in [0.25, 0.3) is 0 Å². The number of carbonyl (C=O) groups excluding carboxylic acids is 3. The van der Waals surface area contributed by atoms with E-state index in [0.717, 1.165) is 37.9 Å². The fourth-order valence-corrected chi connectivity index (χ4v) is 4.52. The Bertz CT molecular complexity index is 839. The van der Waals surface area contributed by atoms with Gasteiger partial charge in [-0.2, -0.15) is 0 Å². The number of nitrogens with zero attached hydrogens (tertiary/aromatic N) is 1. The lowest BCUT2D eigenvalue weighted by Gasteiger charge is -2.38. The number of nitrogens with two attached hydrogens (primary N) is 1. The summed E-state index contributed by atoms with van der Waals surface area (Å²) in [5, 5.41) is 0. The number of hydrogen-bond acceptors (Lipinski definition) is 5. The van der Waals surface area contributed by atoms with Gasteiger partial charge in [-0.3, -0.25) is 14.4 Å². The van der Waals surface area contributed by atoms with Gasteiger partial charge in [0.2, 0.25) is 5.91 Å². The van der Waals surface area contributed by atoms with E-state index in [-0.39, 0.29) is 28.3 Å². The van der Waals surface area contributed by atoms with E-state index in [4.69, 9.17) is 5.73 Å². The van der Waals surface area contributed by atoms with Crippen molar-refractivity contribution in [2.45, 2.75) is 50.8 Å². The monoisotopic (exact) mass is 383 g/mol. The maximum atomic E-state index is 12.4. The molecule has 8 nitrogen and oxygen atoms in total. The van der Waals surface area contributed by atoms with E-state index in [2.05, 4.69) is 18.6 Å². The van der Waals surface area contributed by atoms with Crippen molar-refractivity contribution in [3.8, 4) is 0 Å². The number of nitrogens with one attached hydrogen (secondary N) is 1. The number of aryl methyl sites for hydroxylation is 1. The Hall–Kier alpha value is -2.16. The molecule has 1 atom stereocenters. The Morgan fingerprint density at radius 1 is 1.31 bits per heavy atom. The first-order valence-corrected chi connectivity index (χ1v) is 9.98. The molecule has 1 aliphatic rings. The Morgan fingerprint density at radius 3 is 2.54 bits per heavy atom. The van der Waals surface area contributed by atoms with Crippen molar-refractivity contribution in [1.29, 1.82) is 0 Å². The Kier molecular flexibility index (Phi) is 5.60. The summed E-state index contributed by atoms with van der Waals surface area (Å²) in [5.74, 6) is -2.63. The number of ketones is 1. The topological polar surface area (TPSA) is 128 Å². The van der Waals surface area contributed by atoms with E-state index in [9.17, 15) is 22.8 Å². The van der Waals surface area contributed by atoms with Crippen LogP contribution in [0.3, 0.4) is 0 Å². The smallest absolute Gasteiger partial charge is 0.291 e. The van der Waals surface area contributed by atoms with Gasteiger partial charge in [0.1, 0.15) is 4.90 Å². The van der Waals surface area contributed by atoms with Crippen LogP contribution in [0.5, 0.6) is 0 Å². The zero-order valence-corrected chi connectivity index (χ0v) is 16.1. The molecular weight excluding hydrogens is 358 g/mol. The number of primary amides is 1. The van der Waals surface area contributed by atoms with Gasteiger partial charge in [-0.1, -0.05) is 26.7 Å². The lowest BCUT2D eigenvalue weighted by atomic mass is 9.67. The molecule has 0 radical (unpaired) electrons. The summed E-state index contributed by atoms with van der Waals surface area (Å²) >= 11 is 0. The number of carbonyl (C=O) groups is 3. The summed E-state index contributed by atoms with van der Waals surface area (Å²) in [7, 11) is -2.71. The largest absolute Gasteiger partial charge is 0.363 e. The molecular formula is C17H25N3O5S. The van der Waals surface area contributed by atoms with Crippen LogP contribution in [-0.2, 0) is 26.7 Å². The molecule has 1 unspecified atom stereocenters. The minimum Gasteiger partial charge on any atom is -0.363 e. The highest BCUT2D eigenvalue weighted by Crippen LogP contribution is 2.42. The second-order valence-electron chi connectivity index (χ2n) is 7.53. The zero-order chi connectivity index (χ0) is 19.7. The highest BCUT2D eigenvalue weighted by atomic mass is 32.2. The average molecular weight is 383 g/mol. The minimum atomic E-state index is -4.13. The highest BCUT2D eigenvalue weighted by molar-refractivity contribution is 7.90. The maximum absolute atomic E-state index is 12.4. The molecule has 1 aliphatic carbocycles. The van der Waals surface area contributed by atoms with E-state index in [0.29, 0.717) is 0 Å². The van der Waals surface area contributed by atoms with Crippen LogP contribution in [0.2, 0.25) is 0 Å². The predicted molar refractivity (Wildman–Crippen MR) is 94.6 cm³/mol. The number of hydrogen-bond donors (Lipinski definition) is 2. The average Bonchev–Trinajstić information content (AvgIpc) is 2.90. The third kappa shape index (κ3) is 4.32. The molecule has 0 bridgehead atoms. The third-order valence-electron chi connectivity index (χ3n) is 5.16. The van der Waals surface area contributed by atoms with Gasteiger partial charge >= 0.3 is 0 Å². The first-order chi connectivity index (χ1) is 11.9. The van der Waals surface area contributed by atoms with Crippen LogP contribution < -0.4 is 10.5 Å². The van der Waals surface area contributed by atoms with Crippen LogP contribution in [-0.4, -0.2) is 30.6 Å². The van der Waals surface area contributed by atoms with Crippen molar-refractivity contribution in [1.82, 2.24) is 9.29 Å². The molecule has 1 fully saturated rings. The van der Waals surface area contributed by atoms with E-state index in [1.165, 1.54) is 11.6 Å². The van der Waals surface area contributed by atoms with Crippen LogP contribution in [0.1, 0.15) is 56.4 Å². The molecule has 26 heavy (non-hydrogen) atoms. The standard InChI is InChI=1S/C17H25N3O5S/c1-17(2)7-5-4-6-11(17)8-14(21)19-26(24,25)12-9-13(20(3)10-12)15(22)16(18)23/h9-11H,4-8H2,1-3H3,(H2,18,23)(H,19,21). The van der Waals surface area contributed by atoms with Crippen molar-refractivity contribution >= 4 is 27.6 Å². The molecule has 3 N–H and O–H groups in total. The van der Waals surface area contributed by atoms with Gasteiger partial charge in [0.15, 0.2) is 0 Å². The quantitative estimate of drug-likeness (QED) is 0.561. The maximum Gasteiger partial charge on any atom is 0.291 e. The summed E-state index contributed by atoms with van der Waals surface area (Å²) in [5.41, 5.74) is 4.78. The summed E-state index contributed by atoms with van der Waals surface area (Å²) in [4.78, 5) is 34.7. The van der Waals surface area contributed by atoms with E-state index >= 15 is 0 Å². The van der Waals surface area contributed by atoms with Gasteiger partial charge < -0.3 is 10.3 Å². The third-order valence-corrected chi connectivity index (χ3v) is 6.50. The molecule has 2 amide bonds. The van der Waals surface area contributed by atoms with Crippen LogP contribution in [0.4, 0.5) is 0 Å². The second kappa shape index (κ2) is 7.22. The fraction of sp³-hybridized carbons (Fsp3) is 0.588. The predicted octanol–water partition coefficient (Wildman–Crippen LogP) is 1.10. The van der Waals surface area contributed by atoms with Crippen molar-refractivity contribution in [3.05, 3.63) is 18.0 Å². The number of sulfonamides is 1. The molecule has 0 aromatic carbocycles. The SMILES string of the molecule is Cn1cc(S(=O)(=O)NC(=O)CC2CCCCC2(C)C)cc1C(=O)C(N)=O. The summed E-state index contributed by atoms with van der Waals surface area (Å²) < 4.78 is 28.1. The molecule has 0 saturated heterocycles. The van der Waals surface area contributed by atoms with Gasteiger partial charge in [-0.25, -0.2) is 13.1 Å². The Labute approximate surface area is 153 Å². The molecule has 2 rings (SSSR count). The van der Waals surface area contributed by atoms with E-state index in [1.807, 2.05) is 0 Å². The van der Waals surface area contributed by atoms with E-state index < -0.39 is 27.6 Å². The molecule has 1 heterocycles. The first-order valence-electron chi connectivity index (χ1n) is 8.50. The van der Waals surface area contributed by atoms with E-state index in [1.54, 1.807) is 0 Å². The normalized spacial score (nSPS) is 19.7. The molecule has 1 saturated carbocycles. The first kappa shape index (κ1) is 20.2. The molecule has 0 spiro atoms. The summed E-state index contributed by atoms with van der Waals surface area (Å²) in [6.07, 6.45) is 5.34. The van der Waals surface area contributed by atoms with Gasteiger partial charge in [0.25, 0.3) is 21.7 Å². The van der Waals surface area contributed by atoms with Crippen LogP contribution in [0.15, 0.2) is 17.2 Å². The molecule has 1 aromatic rings. The molecule has 1 aromatic heterocycles. The minimum absolute atomic E-state index is 0.00677. The summed E-state index contributed by atoms with van der Waals surface area (Å²) in [6, 6.07) is 1.03. The van der Waals surface area contributed by atoms with Crippen LogP contribution >= 0.6 is 0 Å². The number of amides is 2. The highest BCUT2D eigenvalue weighted by Gasteiger charge is 2.34. The fourth-order valence-electron chi connectivity index (χ4n) is 3.45. The van der Waals surface area contributed by atoms with Gasteiger partial charge in [-0.05, 0) is 30.2 Å². The molecule has 0 aliphatic heterocycles. The molecule has 144 valence electrons.